The molecule has 5 rings (SSSR count). The first-order chi connectivity index (χ1) is 14.7. The van der Waals surface area contributed by atoms with E-state index in [0.29, 0.717) is 17.5 Å². The molecule has 0 aliphatic rings. The third-order valence-electron chi connectivity index (χ3n) is 4.98. The van der Waals surface area contributed by atoms with Crippen LogP contribution in [-0.2, 0) is 6.54 Å². The summed E-state index contributed by atoms with van der Waals surface area (Å²) in [7, 11) is 0. The summed E-state index contributed by atoms with van der Waals surface area (Å²) in [6.07, 6.45) is 0. The molecule has 0 spiro atoms. The first-order valence-corrected chi connectivity index (χ1v) is 9.57. The van der Waals surface area contributed by atoms with Crippen LogP contribution in [0.25, 0.3) is 22.1 Å². The third-order valence-corrected chi connectivity index (χ3v) is 4.98. The Morgan fingerprint density at radius 1 is 0.767 bits per heavy atom. The average molecular weight is 395 g/mol. The third kappa shape index (κ3) is 3.16. The molecule has 1 amide bonds. The number of hydrogen-bond acceptors (Lipinski definition) is 4. The largest absolute Gasteiger partial charge is 0.425 e. The minimum atomic E-state index is -0.347. The molecule has 5 nitrogen and oxygen atoms in total. The highest BCUT2D eigenvalue weighted by Gasteiger charge is 2.24. The van der Waals surface area contributed by atoms with Crippen molar-refractivity contribution in [2.45, 2.75) is 6.54 Å². The maximum Gasteiger partial charge on any atom is 0.302 e. The van der Waals surface area contributed by atoms with Gasteiger partial charge in [0.05, 0.1) is 11.9 Å². The number of hydrogen-bond donors (Lipinski definition) is 0. The maximum absolute atomic E-state index is 13.4. The molecule has 0 N–H and O–H groups in total. The summed E-state index contributed by atoms with van der Waals surface area (Å²) in [6, 6.07) is 27.5. The quantitative estimate of drug-likeness (QED) is 0.409. The van der Waals surface area contributed by atoms with E-state index in [1.807, 2.05) is 60.7 Å². The fraction of sp³-hybridized carbons (Fsp3) is 0.0400. The van der Waals surface area contributed by atoms with Gasteiger partial charge in [0.15, 0.2) is 5.76 Å². The van der Waals surface area contributed by atoms with Crippen molar-refractivity contribution in [3.8, 4) is 0 Å². The van der Waals surface area contributed by atoms with E-state index in [-0.39, 0.29) is 28.3 Å². The number of carbonyl (C=O) groups excluding carboxylic acids is 1. The molecule has 3 aromatic carbocycles. The highest BCUT2D eigenvalue weighted by atomic mass is 16.5. The summed E-state index contributed by atoms with van der Waals surface area (Å²) in [4.78, 5) is 27.8. The van der Waals surface area contributed by atoms with Crippen molar-refractivity contribution >= 4 is 33.7 Å². The molecule has 0 saturated carbocycles. The van der Waals surface area contributed by atoms with Gasteiger partial charge in [-0.3, -0.25) is 9.59 Å². The summed E-state index contributed by atoms with van der Waals surface area (Å²) in [5.74, 6) is -0.240. The van der Waals surface area contributed by atoms with E-state index in [1.165, 1.54) is 6.07 Å². The predicted octanol–water partition coefficient (Wildman–Crippen LogP) is 5.39. The molecule has 0 saturated heterocycles. The van der Waals surface area contributed by atoms with Gasteiger partial charge in [-0.15, -0.1) is 0 Å². The Kier molecular flexibility index (Phi) is 4.41. The van der Waals surface area contributed by atoms with Crippen LogP contribution < -0.4 is 10.3 Å². The SMILES string of the molecule is O=C(c1cc2c(=O)c3ccccc3oc2o1)N(Cc1ccccc1)c1ccccc1. The van der Waals surface area contributed by atoms with Gasteiger partial charge < -0.3 is 13.7 Å². The van der Waals surface area contributed by atoms with Crippen LogP contribution >= 0.6 is 0 Å². The lowest BCUT2D eigenvalue weighted by atomic mass is 10.1. The molecule has 0 atom stereocenters. The van der Waals surface area contributed by atoms with Crippen LogP contribution in [0.1, 0.15) is 16.1 Å². The van der Waals surface area contributed by atoms with Crippen LogP contribution in [0.5, 0.6) is 0 Å². The zero-order valence-corrected chi connectivity index (χ0v) is 15.9. The van der Waals surface area contributed by atoms with E-state index >= 15 is 0 Å². The van der Waals surface area contributed by atoms with Gasteiger partial charge in [0.1, 0.15) is 11.0 Å². The maximum atomic E-state index is 13.4. The zero-order valence-electron chi connectivity index (χ0n) is 15.9. The molecule has 30 heavy (non-hydrogen) atoms. The van der Waals surface area contributed by atoms with Crippen LogP contribution in [-0.4, -0.2) is 5.91 Å². The number of para-hydroxylation sites is 2. The molecule has 146 valence electrons. The summed E-state index contributed by atoms with van der Waals surface area (Å²) >= 11 is 0. The summed E-state index contributed by atoms with van der Waals surface area (Å²) in [6.45, 7) is 0.365. The lowest BCUT2D eigenvalue weighted by molar-refractivity contribution is 0.0959. The Morgan fingerprint density at radius 3 is 2.20 bits per heavy atom. The van der Waals surface area contributed by atoms with Gasteiger partial charge in [-0.2, -0.15) is 0 Å². The number of anilines is 1. The van der Waals surface area contributed by atoms with E-state index in [2.05, 4.69) is 0 Å². The van der Waals surface area contributed by atoms with Crippen molar-refractivity contribution in [3.05, 3.63) is 113 Å². The molecule has 2 heterocycles. The second kappa shape index (κ2) is 7.37. The summed E-state index contributed by atoms with van der Waals surface area (Å²) in [5, 5.41) is 0.707. The van der Waals surface area contributed by atoms with E-state index in [4.69, 9.17) is 8.83 Å². The first kappa shape index (κ1) is 17.9. The van der Waals surface area contributed by atoms with Crippen molar-refractivity contribution in [1.29, 1.82) is 0 Å². The number of fused-ring (bicyclic) bond motifs is 2. The van der Waals surface area contributed by atoms with Gasteiger partial charge >= 0.3 is 5.78 Å². The Bertz CT molecular complexity index is 1400. The van der Waals surface area contributed by atoms with Crippen molar-refractivity contribution in [2.75, 3.05) is 4.90 Å². The first-order valence-electron chi connectivity index (χ1n) is 9.57. The van der Waals surface area contributed by atoms with Crippen LogP contribution in [0.4, 0.5) is 5.69 Å². The monoisotopic (exact) mass is 395 g/mol. The normalized spacial score (nSPS) is 11.1. The highest BCUT2D eigenvalue weighted by molar-refractivity contribution is 6.06. The molecule has 0 fully saturated rings. The lowest BCUT2D eigenvalue weighted by Gasteiger charge is -2.22. The average Bonchev–Trinajstić information content (AvgIpc) is 3.23. The zero-order chi connectivity index (χ0) is 20.5. The fourth-order valence-corrected chi connectivity index (χ4v) is 3.49. The molecule has 5 aromatic rings. The number of carbonyl (C=O) groups is 1. The standard InChI is InChI=1S/C25H17NO4/c27-23-19-13-7-8-14-21(19)29-25-20(23)15-22(30-25)24(28)26(18-11-5-2-6-12-18)16-17-9-3-1-4-10-17/h1-15H,16H2. The van der Waals surface area contributed by atoms with Gasteiger partial charge in [-0.05, 0) is 29.8 Å². The van der Waals surface area contributed by atoms with Crippen LogP contribution in [0.2, 0.25) is 0 Å². The summed E-state index contributed by atoms with van der Waals surface area (Å²) in [5.41, 5.74) is 1.92. The number of rotatable bonds is 4. The Morgan fingerprint density at radius 2 is 1.43 bits per heavy atom. The number of amides is 1. The van der Waals surface area contributed by atoms with Gasteiger partial charge in [-0.1, -0.05) is 60.7 Å². The van der Waals surface area contributed by atoms with Crippen LogP contribution in [0, 0.1) is 0 Å². The molecule has 0 unspecified atom stereocenters. The Balaban J connectivity index is 1.60. The van der Waals surface area contributed by atoms with Crippen molar-refractivity contribution in [3.63, 3.8) is 0 Å². The molecule has 2 aromatic heterocycles. The topological polar surface area (TPSA) is 63.7 Å². The van der Waals surface area contributed by atoms with Crippen LogP contribution in [0.15, 0.2) is 105 Å². The number of nitrogens with zero attached hydrogens (tertiary/aromatic N) is 1. The second-order valence-corrected chi connectivity index (χ2v) is 6.95. The van der Waals surface area contributed by atoms with Gasteiger partial charge in [-0.25, -0.2) is 0 Å². The molecule has 0 bridgehead atoms. The molecule has 0 aliphatic carbocycles. The molecule has 0 radical (unpaired) electrons. The molecular weight excluding hydrogens is 378 g/mol. The fourth-order valence-electron chi connectivity index (χ4n) is 3.49. The lowest BCUT2D eigenvalue weighted by Crippen LogP contribution is -2.30. The second-order valence-electron chi connectivity index (χ2n) is 6.95. The van der Waals surface area contributed by atoms with Gasteiger partial charge in [0.2, 0.25) is 5.43 Å². The molecule has 0 aliphatic heterocycles. The van der Waals surface area contributed by atoms with E-state index in [0.717, 1.165) is 11.3 Å². The van der Waals surface area contributed by atoms with Crippen LogP contribution in [0.3, 0.4) is 0 Å². The Labute approximate surface area is 171 Å². The van der Waals surface area contributed by atoms with Crippen molar-refractivity contribution < 1.29 is 13.6 Å². The minimum absolute atomic E-state index is 0.0507. The predicted molar refractivity (Wildman–Crippen MR) is 116 cm³/mol. The smallest absolute Gasteiger partial charge is 0.302 e. The number of benzene rings is 3. The van der Waals surface area contributed by atoms with Crippen molar-refractivity contribution in [1.82, 2.24) is 0 Å². The summed E-state index contributed by atoms with van der Waals surface area (Å²) < 4.78 is 11.4. The number of furan rings is 1. The van der Waals surface area contributed by atoms with E-state index < -0.39 is 0 Å². The van der Waals surface area contributed by atoms with E-state index in [1.54, 1.807) is 29.2 Å². The van der Waals surface area contributed by atoms with Gasteiger partial charge in [0, 0.05) is 11.8 Å². The Hall–Kier alpha value is -4.12. The molecular formula is C25H17NO4. The minimum Gasteiger partial charge on any atom is -0.425 e. The molecule has 5 heteroatoms. The highest BCUT2D eigenvalue weighted by Crippen LogP contribution is 2.25. The van der Waals surface area contributed by atoms with Gasteiger partial charge in [0.25, 0.3) is 5.91 Å². The van der Waals surface area contributed by atoms with Crippen molar-refractivity contribution in [2.24, 2.45) is 0 Å². The van der Waals surface area contributed by atoms with E-state index in [9.17, 15) is 9.59 Å².